The van der Waals surface area contributed by atoms with Gasteiger partial charge in [0.25, 0.3) is 0 Å². The van der Waals surface area contributed by atoms with Gasteiger partial charge in [0.15, 0.2) is 5.16 Å². The number of nitrogens with zero attached hydrogens (tertiary/aromatic N) is 4. The van der Waals surface area contributed by atoms with Gasteiger partial charge in [-0.25, -0.2) is 15.0 Å². The third kappa shape index (κ3) is 2.51. The van der Waals surface area contributed by atoms with Gasteiger partial charge >= 0.3 is 0 Å². The molecule has 3 rings (SSSR count). The van der Waals surface area contributed by atoms with Gasteiger partial charge in [-0.1, -0.05) is 0 Å². The average molecular weight is 305 g/mol. The van der Waals surface area contributed by atoms with Gasteiger partial charge in [-0.05, 0) is 31.7 Å². The smallest absolute Gasteiger partial charge is 0.225 e. The Bertz CT molecular complexity index is 746. The number of rotatable bonds is 4. The van der Waals surface area contributed by atoms with Gasteiger partial charge in [-0.2, -0.15) is 0 Å². The monoisotopic (exact) mass is 305 g/mol. The minimum atomic E-state index is 0.679. The lowest BCUT2D eigenvalue weighted by Crippen LogP contribution is -2.02. The fourth-order valence-corrected chi connectivity index (χ4v) is 3.70. The molecular formula is C13H15N5S2. The van der Waals surface area contributed by atoms with Gasteiger partial charge in [-0.15, -0.1) is 11.3 Å². The molecule has 7 heteroatoms. The number of imidazole rings is 1. The Balaban J connectivity index is 2.09. The van der Waals surface area contributed by atoms with E-state index in [4.69, 9.17) is 0 Å². The van der Waals surface area contributed by atoms with Crippen LogP contribution >= 0.6 is 23.1 Å². The standard InChI is InChI=1S/C13H15N5S2/c1-4-14-12-16-10-9(7-8(2)19-10)11(17-12)20-13-15-5-6-18(13)3/h5-7H,4H2,1-3H3,(H,14,16,17). The summed E-state index contributed by atoms with van der Waals surface area (Å²) >= 11 is 3.26. The van der Waals surface area contributed by atoms with Crippen LogP contribution in [0.1, 0.15) is 11.8 Å². The number of aryl methyl sites for hydroxylation is 2. The lowest BCUT2D eigenvalue weighted by Gasteiger charge is -2.06. The third-order valence-electron chi connectivity index (χ3n) is 2.78. The molecule has 0 aliphatic carbocycles. The highest BCUT2D eigenvalue weighted by Crippen LogP contribution is 2.34. The minimum absolute atomic E-state index is 0.679. The van der Waals surface area contributed by atoms with Crippen molar-refractivity contribution in [2.75, 3.05) is 11.9 Å². The van der Waals surface area contributed by atoms with Crippen LogP contribution in [0.25, 0.3) is 10.2 Å². The van der Waals surface area contributed by atoms with Gasteiger partial charge in [-0.3, -0.25) is 0 Å². The molecule has 3 aromatic heterocycles. The highest BCUT2D eigenvalue weighted by molar-refractivity contribution is 7.99. The van der Waals surface area contributed by atoms with E-state index in [1.165, 1.54) is 4.88 Å². The van der Waals surface area contributed by atoms with Crippen molar-refractivity contribution < 1.29 is 0 Å². The summed E-state index contributed by atoms with van der Waals surface area (Å²) in [5, 5.41) is 6.16. The summed E-state index contributed by atoms with van der Waals surface area (Å²) in [7, 11) is 1.98. The molecule has 5 nitrogen and oxygen atoms in total. The maximum absolute atomic E-state index is 4.61. The summed E-state index contributed by atoms with van der Waals surface area (Å²) in [5.41, 5.74) is 0. The summed E-state index contributed by atoms with van der Waals surface area (Å²) in [6.45, 7) is 4.94. The molecule has 0 aliphatic heterocycles. The van der Waals surface area contributed by atoms with Crippen molar-refractivity contribution in [3.63, 3.8) is 0 Å². The average Bonchev–Trinajstić information content (AvgIpc) is 2.96. The van der Waals surface area contributed by atoms with Crippen LogP contribution < -0.4 is 5.32 Å². The molecule has 0 unspecified atom stereocenters. The molecule has 20 heavy (non-hydrogen) atoms. The maximum atomic E-state index is 4.61. The van der Waals surface area contributed by atoms with Gasteiger partial charge in [0, 0.05) is 36.2 Å². The van der Waals surface area contributed by atoms with Crippen molar-refractivity contribution in [1.29, 1.82) is 0 Å². The molecule has 3 heterocycles. The SMILES string of the molecule is CCNc1nc(Sc2nccn2C)c2cc(C)sc2n1. The molecule has 0 amide bonds. The first kappa shape index (κ1) is 13.4. The fourth-order valence-electron chi connectivity index (χ4n) is 1.87. The first-order chi connectivity index (χ1) is 9.67. The number of aromatic nitrogens is 4. The molecule has 0 bridgehead atoms. The Labute approximate surface area is 125 Å². The topological polar surface area (TPSA) is 55.6 Å². The molecule has 0 radical (unpaired) electrons. The number of anilines is 1. The zero-order valence-corrected chi connectivity index (χ0v) is 13.2. The van der Waals surface area contributed by atoms with Crippen LogP contribution in [0.4, 0.5) is 5.95 Å². The van der Waals surface area contributed by atoms with Crippen LogP contribution in [0.15, 0.2) is 28.6 Å². The molecule has 0 aromatic carbocycles. The van der Waals surface area contributed by atoms with E-state index in [2.05, 4.69) is 33.3 Å². The largest absolute Gasteiger partial charge is 0.354 e. The first-order valence-corrected chi connectivity index (χ1v) is 7.98. The Morgan fingerprint density at radius 3 is 2.95 bits per heavy atom. The van der Waals surface area contributed by atoms with E-state index in [0.717, 1.165) is 26.9 Å². The van der Waals surface area contributed by atoms with Crippen molar-refractivity contribution >= 4 is 39.3 Å². The van der Waals surface area contributed by atoms with Gasteiger partial charge in [0.2, 0.25) is 5.95 Å². The van der Waals surface area contributed by atoms with E-state index < -0.39 is 0 Å². The normalized spacial score (nSPS) is 11.2. The molecule has 0 spiro atoms. The number of nitrogens with one attached hydrogen (secondary N) is 1. The molecule has 0 fully saturated rings. The van der Waals surface area contributed by atoms with E-state index in [9.17, 15) is 0 Å². The summed E-state index contributed by atoms with van der Waals surface area (Å²) in [6.07, 6.45) is 3.73. The van der Waals surface area contributed by atoms with Crippen LogP contribution in [0.5, 0.6) is 0 Å². The molecule has 0 atom stereocenters. The Hall–Kier alpha value is -1.60. The van der Waals surface area contributed by atoms with Gasteiger partial charge in [0.1, 0.15) is 9.86 Å². The zero-order valence-electron chi connectivity index (χ0n) is 11.5. The van der Waals surface area contributed by atoms with E-state index >= 15 is 0 Å². The second-order valence-electron chi connectivity index (χ2n) is 4.38. The minimum Gasteiger partial charge on any atom is -0.354 e. The molecule has 0 saturated carbocycles. The first-order valence-electron chi connectivity index (χ1n) is 6.34. The number of thiophene rings is 1. The second kappa shape index (κ2) is 5.41. The third-order valence-corrected chi connectivity index (χ3v) is 4.81. The van der Waals surface area contributed by atoms with Crippen LogP contribution in [0, 0.1) is 6.92 Å². The van der Waals surface area contributed by atoms with Crippen molar-refractivity contribution in [2.24, 2.45) is 7.05 Å². The molecule has 104 valence electrons. The van der Waals surface area contributed by atoms with Gasteiger partial charge in [0.05, 0.1) is 0 Å². The maximum Gasteiger partial charge on any atom is 0.225 e. The predicted octanol–water partition coefficient (Wildman–Crippen LogP) is 3.32. The number of hydrogen-bond acceptors (Lipinski definition) is 6. The molecule has 0 aliphatic rings. The number of hydrogen-bond donors (Lipinski definition) is 1. The lowest BCUT2D eigenvalue weighted by atomic mass is 10.4. The predicted molar refractivity (Wildman–Crippen MR) is 83.6 cm³/mol. The molecule has 1 N–H and O–H groups in total. The van der Waals surface area contributed by atoms with Crippen molar-refractivity contribution in [3.8, 4) is 0 Å². The van der Waals surface area contributed by atoms with E-state index in [1.807, 2.05) is 24.7 Å². The van der Waals surface area contributed by atoms with Crippen LogP contribution in [0.2, 0.25) is 0 Å². The van der Waals surface area contributed by atoms with Gasteiger partial charge < -0.3 is 9.88 Å². The van der Waals surface area contributed by atoms with Crippen LogP contribution in [0.3, 0.4) is 0 Å². The summed E-state index contributed by atoms with van der Waals surface area (Å²) in [4.78, 5) is 15.8. The molecular weight excluding hydrogens is 290 g/mol. The Morgan fingerprint density at radius 2 is 2.25 bits per heavy atom. The molecule has 0 saturated heterocycles. The van der Waals surface area contributed by atoms with Crippen molar-refractivity contribution in [3.05, 3.63) is 23.3 Å². The summed E-state index contributed by atoms with van der Waals surface area (Å²) in [6, 6.07) is 2.14. The van der Waals surface area contributed by atoms with Crippen LogP contribution in [-0.4, -0.2) is 26.1 Å². The van der Waals surface area contributed by atoms with E-state index in [1.54, 1.807) is 29.3 Å². The van der Waals surface area contributed by atoms with Crippen molar-refractivity contribution in [2.45, 2.75) is 24.0 Å². The quantitative estimate of drug-likeness (QED) is 0.749. The van der Waals surface area contributed by atoms with E-state index in [-0.39, 0.29) is 0 Å². The Kier molecular flexibility index (Phi) is 3.62. The summed E-state index contributed by atoms with van der Waals surface area (Å²) in [5.74, 6) is 0.679. The summed E-state index contributed by atoms with van der Waals surface area (Å²) < 4.78 is 1.99. The molecule has 3 aromatic rings. The number of fused-ring (bicyclic) bond motifs is 1. The van der Waals surface area contributed by atoms with Crippen molar-refractivity contribution in [1.82, 2.24) is 19.5 Å². The van der Waals surface area contributed by atoms with Crippen LogP contribution in [-0.2, 0) is 7.05 Å². The van der Waals surface area contributed by atoms with E-state index in [0.29, 0.717) is 5.95 Å². The highest BCUT2D eigenvalue weighted by atomic mass is 32.2. The Morgan fingerprint density at radius 1 is 1.40 bits per heavy atom. The zero-order chi connectivity index (χ0) is 14.1. The fraction of sp³-hybridized carbons (Fsp3) is 0.308. The highest BCUT2D eigenvalue weighted by Gasteiger charge is 2.13. The second-order valence-corrected chi connectivity index (χ2v) is 6.57. The lowest BCUT2D eigenvalue weighted by molar-refractivity contribution is 0.789.